The summed E-state index contributed by atoms with van der Waals surface area (Å²) in [4.78, 5) is 0. The fourth-order valence-corrected chi connectivity index (χ4v) is 1.17. The quantitative estimate of drug-likeness (QED) is 0.804. The van der Waals surface area contributed by atoms with Crippen molar-refractivity contribution in [2.24, 2.45) is 0 Å². The lowest BCUT2D eigenvalue weighted by molar-refractivity contribution is 0.245. The van der Waals surface area contributed by atoms with Gasteiger partial charge in [-0.2, -0.15) is 0 Å². The lowest BCUT2D eigenvalue weighted by atomic mass is 10.2. The molecule has 0 aromatic heterocycles. The van der Waals surface area contributed by atoms with Crippen LogP contribution in [-0.4, -0.2) is 11.2 Å². The molecule has 13 heavy (non-hydrogen) atoms. The van der Waals surface area contributed by atoms with Gasteiger partial charge in [0.05, 0.1) is 16.1 Å². The molecule has 0 fully saturated rings. The highest BCUT2D eigenvalue weighted by Crippen LogP contribution is 2.23. The first-order valence-electron chi connectivity index (χ1n) is 3.91. The topological polar surface area (TPSA) is 20.2 Å². The van der Waals surface area contributed by atoms with Crippen LogP contribution in [-0.2, 0) is 0 Å². The smallest absolute Gasteiger partial charge is 0.0696 e. The molecule has 1 aromatic rings. The number of hydrogen-bond donors (Lipinski definition) is 1. The largest absolute Gasteiger partial charge is 0.389 e. The zero-order chi connectivity index (χ0) is 9.84. The van der Waals surface area contributed by atoms with Crippen LogP contribution in [0.2, 0.25) is 10.0 Å². The Morgan fingerprint density at radius 3 is 2.54 bits per heavy atom. The van der Waals surface area contributed by atoms with E-state index in [1.807, 2.05) is 6.07 Å². The van der Waals surface area contributed by atoms with Crippen LogP contribution in [0.4, 0.5) is 0 Å². The fourth-order valence-electron chi connectivity index (χ4n) is 0.866. The van der Waals surface area contributed by atoms with E-state index in [-0.39, 0.29) is 0 Å². The Morgan fingerprint density at radius 1 is 1.31 bits per heavy atom. The van der Waals surface area contributed by atoms with Gasteiger partial charge in [0.25, 0.3) is 0 Å². The molecule has 70 valence electrons. The van der Waals surface area contributed by atoms with Crippen molar-refractivity contribution in [3.63, 3.8) is 0 Å². The van der Waals surface area contributed by atoms with Gasteiger partial charge in [-0.3, -0.25) is 0 Å². The molecular weight excluding hydrogens is 207 g/mol. The highest BCUT2D eigenvalue weighted by molar-refractivity contribution is 6.42. The normalized spacial score (nSPS) is 13.5. The Balaban J connectivity index is 2.85. The van der Waals surface area contributed by atoms with E-state index in [4.69, 9.17) is 28.3 Å². The predicted molar refractivity (Wildman–Crippen MR) is 57.2 cm³/mol. The molecule has 0 spiro atoms. The molecule has 0 radical (unpaired) electrons. The first-order chi connectivity index (χ1) is 6.09. The summed E-state index contributed by atoms with van der Waals surface area (Å²) in [5.74, 6) is 0. The Bertz CT molecular complexity index is 319. The summed E-state index contributed by atoms with van der Waals surface area (Å²) >= 11 is 11.5. The molecule has 3 heteroatoms. The third-order valence-electron chi connectivity index (χ3n) is 1.51. The molecular formula is C10H10Cl2O. The number of benzene rings is 1. The van der Waals surface area contributed by atoms with E-state index in [1.54, 1.807) is 31.2 Å². The van der Waals surface area contributed by atoms with Crippen molar-refractivity contribution in [3.05, 3.63) is 39.9 Å². The highest BCUT2D eigenvalue weighted by atomic mass is 35.5. The molecule has 0 aliphatic heterocycles. The van der Waals surface area contributed by atoms with E-state index in [0.717, 1.165) is 5.56 Å². The summed E-state index contributed by atoms with van der Waals surface area (Å²) in [6, 6.07) is 5.32. The number of rotatable bonds is 2. The highest BCUT2D eigenvalue weighted by Gasteiger charge is 1.96. The van der Waals surface area contributed by atoms with Crippen LogP contribution in [0, 0.1) is 0 Å². The van der Waals surface area contributed by atoms with Gasteiger partial charge in [0.1, 0.15) is 0 Å². The zero-order valence-corrected chi connectivity index (χ0v) is 8.68. The van der Waals surface area contributed by atoms with Crippen molar-refractivity contribution >= 4 is 29.3 Å². The minimum atomic E-state index is -0.450. The Labute approximate surface area is 87.6 Å². The van der Waals surface area contributed by atoms with E-state index < -0.39 is 6.10 Å². The van der Waals surface area contributed by atoms with Crippen LogP contribution >= 0.6 is 23.2 Å². The molecule has 1 nitrogen and oxygen atoms in total. The third kappa shape index (κ3) is 3.39. The number of aliphatic hydroxyl groups excluding tert-OH is 1. The standard InChI is InChI=1S/C10H10Cl2O/c1-7(13)2-3-8-4-5-9(11)10(12)6-8/h2-7,13H,1H3. The van der Waals surface area contributed by atoms with E-state index in [9.17, 15) is 0 Å². The monoisotopic (exact) mass is 216 g/mol. The summed E-state index contributed by atoms with van der Waals surface area (Å²) < 4.78 is 0. The van der Waals surface area contributed by atoms with E-state index in [0.29, 0.717) is 10.0 Å². The SMILES string of the molecule is CC(O)C=Cc1ccc(Cl)c(Cl)c1. The van der Waals surface area contributed by atoms with Crippen LogP contribution in [0.25, 0.3) is 6.08 Å². The minimum Gasteiger partial charge on any atom is -0.389 e. The molecule has 0 aliphatic carbocycles. The molecule has 0 heterocycles. The van der Waals surface area contributed by atoms with Gasteiger partial charge in [-0.1, -0.05) is 41.4 Å². The molecule has 1 N–H and O–H groups in total. The lowest BCUT2D eigenvalue weighted by Crippen LogP contribution is -1.91. The number of hydrogen-bond acceptors (Lipinski definition) is 1. The summed E-state index contributed by atoms with van der Waals surface area (Å²) in [5.41, 5.74) is 0.926. The van der Waals surface area contributed by atoms with Crippen LogP contribution < -0.4 is 0 Å². The van der Waals surface area contributed by atoms with Gasteiger partial charge in [0, 0.05) is 0 Å². The van der Waals surface area contributed by atoms with Gasteiger partial charge < -0.3 is 5.11 Å². The average Bonchev–Trinajstić information content (AvgIpc) is 2.07. The Morgan fingerprint density at radius 2 is 2.00 bits per heavy atom. The van der Waals surface area contributed by atoms with Crippen LogP contribution in [0.5, 0.6) is 0 Å². The molecule has 0 aliphatic rings. The average molecular weight is 217 g/mol. The maximum absolute atomic E-state index is 8.99. The van der Waals surface area contributed by atoms with Crippen LogP contribution in [0.1, 0.15) is 12.5 Å². The molecule has 1 atom stereocenters. The van der Waals surface area contributed by atoms with Crippen LogP contribution in [0.15, 0.2) is 24.3 Å². The fraction of sp³-hybridized carbons (Fsp3) is 0.200. The Hall–Kier alpha value is -0.500. The van der Waals surface area contributed by atoms with Crippen molar-refractivity contribution in [2.45, 2.75) is 13.0 Å². The second kappa shape index (κ2) is 4.66. The van der Waals surface area contributed by atoms with E-state index in [2.05, 4.69) is 0 Å². The molecule has 0 saturated heterocycles. The summed E-state index contributed by atoms with van der Waals surface area (Å²) in [6.07, 6.45) is 3.03. The van der Waals surface area contributed by atoms with E-state index >= 15 is 0 Å². The lowest BCUT2D eigenvalue weighted by Gasteiger charge is -1.98. The van der Waals surface area contributed by atoms with Gasteiger partial charge in [-0.25, -0.2) is 0 Å². The van der Waals surface area contributed by atoms with Crippen molar-refractivity contribution in [2.75, 3.05) is 0 Å². The molecule has 1 aromatic carbocycles. The third-order valence-corrected chi connectivity index (χ3v) is 2.25. The first-order valence-corrected chi connectivity index (χ1v) is 4.66. The van der Waals surface area contributed by atoms with Gasteiger partial charge in [0.15, 0.2) is 0 Å². The van der Waals surface area contributed by atoms with Crippen molar-refractivity contribution in [1.82, 2.24) is 0 Å². The van der Waals surface area contributed by atoms with Gasteiger partial charge in [-0.15, -0.1) is 0 Å². The summed E-state index contributed by atoms with van der Waals surface area (Å²) in [5, 5.41) is 10.1. The van der Waals surface area contributed by atoms with Gasteiger partial charge in [0.2, 0.25) is 0 Å². The van der Waals surface area contributed by atoms with Crippen molar-refractivity contribution in [1.29, 1.82) is 0 Å². The molecule has 1 rings (SSSR count). The summed E-state index contributed by atoms with van der Waals surface area (Å²) in [7, 11) is 0. The molecule has 0 bridgehead atoms. The first kappa shape index (κ1) is 10.6. The predicted octanol–water partition coefficient (Wildman–Crippen LogP) is 3.39. The second-order valence-electron chi connectivity index (χ2n) is 2.77. The summed E-state index contributed by atoms with van der Waals surface area (Å²) in [6.45, 7) is 1.69. The second-order valence-corrected chi connectivity index (χ2v) is 3.59. The van der Waals surface area contributed by atoms with Crippen molar-refractivity contribution in [3.8, 4) is 0 Å². The van der Waals surface area contributed by atoms with Gasteiger partial charge in [-0.05, 0) is 24.6 Å². The Kier molecular flexibility index (Phi) is 3.79. The number of aliphatic hydroxyl groups is 1. The maximum atomic E-state index is 8.99. The molecule has 0 amide bonds. The molecule has 0 saturated carbocycles. The minimum absolute atomic E-state index is 0.450. The van der Waals surface area contributed by atoms with Gasteiger partial charge >= 0.3 is 0 Å². The van der Waals surface area contributed by atoms with Crippen LogP contribution in [0.3, 0.4) is 0 Å². The van der Waals surface area contributed by atoms with Crippen molar-refractivity contribution < 1.29 is 5.11 Å². The van der Waals surface area contributed by atoms with E-state index in [1.165, 1.54) is 0 Å². The number of halogens is 2. The zero-order valence-electron chi connectivity index (χ0n) is 7.17. The molecule has 1 unspecified atom stereocenters. The maximum Gasteiger partial charge on any atom is 0.0696 e.